The molecule has 0 saturated carbocycles. The van der Waals surface area contributed by atoms with Gasteiger partial charge in [0.25, 0.3) is 0 Å². The van der Waals surface area contributed by atoms with Gasteiger partial charge in [-0.1, -0.05) is 0 Å². The number of hydrogen-bond donors (Lipinski definition) is 1. The van der Waals surface area contributed by atoms with Crippen LogP contribution in [0.4, 0.5) is 0 Å². The van der Waals surface area contributed by atoms with E-state index in [1.54, 1.807) is 0 Å². The molecule has 0 aromatic carbocycles. The Bertz CT molecular complexity index is 190. The van der Waals surface area contributed by atoms with Crippen molar-refractivity contribution in [2.45, 2.75) is 32.7 Å². The molecule has 0 radical (unpaired) electrons. The third-order valence-electron chi connectivity index (χ3n) is 2.77. The van der Waals surface area contributed by atoms with E-state index in [1.165, 1.54) is 0 Å². The monoisotopic (exact) mass is 215 g/mol. The van der Waals surface area contributed by atoms with E-state index >= 15 is 0 Å². The maximum atomic E-state index is 11.1. The van der Waals surface area contributed by atoms with Crippen LogP contribution in [0.1, 0.15) is 26.7 Å². The minimum absolute atomic E-state index is 0.125. The van der Waals surface area contributed by atoms with Gasteiger partial charge in [-0.25, -0.2) is 0 Å². The normalized spacial score (nSPS) is 22.7. The Morgan fingerprint density at radius 2 is 2.47 bits per heavy atom. The van der Waals surface area contributed by atoms with Crippen molar-refractivity contribution in [1.82, 2.24) is 5.32 Å². The number of carbonyl (C=O) groups excluding carboxylic acids is 1. The standard InChI is InChI=1S/C11H21NO3/c1-3-15-11(13)4-6-12-9(2)10-5-7-14-8-10/h9-10,12H,3-8H2,1-2H3. The second-order valence-electron chi connectivity index (χ2n) is 3.92. The smallest absolute Gasteiger partial charge is 0.307 e. The first-order valence-electron chi connectivity index (χ1n) is 5.70. The molecular formula is C11H21NO3. The lowest BCUT2D eigenvalue weighted by Crippen LogP contribution is -2.35. The quantitative estimate of drug-likeness (QED) is 0.670. The minimum Gasteiger partial charge on any atom is -0.466 e. The van der Waals surface area contributed by atoms with Gasteiger partial charge in [0, 0.05) is 19.2 Å². The van der Waals surface area contributed by atoms with Crippen LogP contribution >= 0.6 is 0 Å². The highest BCUT2D eigenvalue weighted by molar-refractivity contribution is 5.69. The zero-order valence-corrected chi connectivity index (χ0v) is 9.62. The van der Waals surface area contributed by atoms with Crippen LogP contribution in [-0.2, 0) is 14.3 Å². The zero-order chi connectivity index (χ0) is 11.1. The number of rotatable bonds is 6. The molecule has 1 aliphatic heterocycles. The van der Waals surface area contributed by atoms with E-state index < -0.39 is 0 Å². The van der Waals surface area contributed by atoms with E-state index in [0.29, 0.717) is 31.5 Å². The van der Waals surface area contributed by atoms with Gasteiger partial charge >= 0.3 is 5.97 Å². The molecule has 1 fully saturated rings. The predicted octanol–water partition coefficient (Wildman–Crippen LogP) is 0.954. The number of esters is 1. The van der Waals surface area contributed by atoms with E-state index in [9.17, 15) is 4.79 Å². The summed E-state index contributed by atoms with van der Waals surface area (Å²) < 4.78 is 10.2. The van der Waals surface area contributed by atoms with Crippen LogP contribution in [-0.4, -0.2) is 38.4 Å². The Morgan fingerprint density at radius 1 is 1.67 bits per heavy atom. The molecule has 1 aliphatic rings. The number of ether oxygens (including phenoxy) is 2. The van der Waals surface area contributed by atoms with Crippen molar-refractivity contribution < 1.29 is 14.3 Å². The topological polar surface area (TPSA) is 47.6 Å². The lowest BCUT2D eigenvalue weighted by molar-refractivity contribution is -0.143. The van der Waals surface area contributed by atoms with Crippen molar-refractivity contribution in [2.75, 3.05) is 26.4 Å². The Labute approximate surface area is 91.3 Å². The van der Waals surface area contributed by atoms with E-state index in [0.717, 1.165) is 19.6 Å². The predicted molar refractivity (Wildman–Crippen MR) is 57.6 cm³/mol. The first-order chi connectivity index (χ1) is 7.24. The second-order valence-corrected chi connectivity index (χ2v) is 3.92. The van der Waals surface area contributed by atoms with Crippen molar-refractivity contribution in [3.05, 3.63) is 0 Å². The summed E-state index contributed by atoms with van der Waals surface area (Å²) in [5.74, 6) is 0.465. The van der Waals surface area contributed by atoms with Crippen molar-refractivity contribution in [1.29, 1.82) is 0 Å². The fraction of sp³-hybridized carbons (Fsp3) is 0.909. The molecular weight excluding hydrogens is 194 g/mol. The van der Waals surface area contributed by atoms with Crippen LogP contribution in [0.15, 0.2) is 0 Å². The molecule has 1 rings (SSSR count). The van der Waals surface area contributed by atoms with Gasteiger partial charge in [-0.3, -0.25) is 4.79 Å². The van der Waals surface area contributed by atoms with Crippen LogP contribution < -0.4 is 5.32 Å². The summed E-state index contributed by atoms with van der Waals surface area (Å²) in [6.07, 6.45) is 1.57. The van der Waals surface area contributed by atoms with Gasteiger partial charge in [0.15, 0.2) is 0 Å². The average molecular weight is 215 g/mol. The number of nitrogens with one attached hydrogen (secondary N) is 1. The molecule has 0 bridgehead atoms. The molecule has 88 valence electrons. The molecule has 4 nitrogen and oxygen atoms in total. The number of hydrogen-bond acceptors (Lipinski definition) is 4. The summed E-state index contributed by atoms with van der Waals surface area (Å²) in [4.78, 5) is 11.1. The van der Waals surface area contributed by atoms with Gasteiger partial charge in [0.1, 0.15) is 0 Å². The molecule has 1 N–H and O–H groups in total. The molecule has 0 spiro atoms. The summed E-state index contributed by atoms with van der Waals surface area (Å²) in [6, 6.07) is 0.418. The molecule has 2 atom stereocenters. The van der Waals surface area contributed by atoms with Gasteiger partial charge in [0.2, 0.25) is 0 Å². The first kappa shape index (κ1) is 12.5. The summed E-state index contributed by atoms with van der Waals surface area (Å²) in [7, 11) is 0. The largest absolute Gasteiger partial charge is 0.466 e. The fourth-order valence-corrected chi connectivity index (χ4v) is 1.75. The fourth-order valence-electron chi connectivity index (χ4n) is 1.75. The molecule has 0 aromatic rings. The molecule has 0 aliphatic carbocycles. The van der Waals surface area contributed by atoms with Crippen molar-refractivity contribution in [3.8, 4) is 0 Å². The van der Waals surface area contributed by atoms with Gasteiger partial charge < -0.3 is 14.8 Å². The van der Waals surface area contributed by atoms with E-state index in [1.807, 2.05) is 6.92 Å². The van der Waals surface area contributed by atoms with E-state index in [4.69, 9.17) is 9.47 Å². The third-order valence-corrected chi connectivity index (χ3v) is 2.77. The van der Waals surface area contributed by atoms with Crippen molar-refractivity contribution in [2.24, 2.45) is 5.92 Å². The lowest BCUT2D eigenvalue weighted by Gasteiger charge is -2.18. The van der Waals surface area contributed by atoms with Gasteiger partial charge in [-0.15, -0.1) is 0 Å². The lowest BCUT2D eigenvalue weighted by atomic mass is 10.0. The first-order valence-corrected chi connectivity index (χ1v) is 5.70. The second kappa shape index (κ2) is 6.80. The third kappa shape index (κ3) is 4.62. The maximum absolute atomic E-state index is 11.1. The molecule has 0 aromatic heterocycles. The van der Waals surface area contributed by atoms with Crippen LogP contribution in [0.3, 0.4) is 0 Å². The van der Waals surface area contributed by atoms with Gasteiger partial charge in [0.05, 0.1) is 19.6 Å². The minimum atomic E-state index is -0.125. The molecule has 4 heteroatoms. The molecule has 0 amide bonds. The highest BCUT2D eigenvalue weighted by Crippen LogP contribution is 2.16. The number of carbonyl (C=O) groups is 1. The Hall–Kier alpha value is -0.610. The summed E-state index contributed by atoms with van der Waals surface area (Å²) in [5.41, 5.74) is 0. The summed E-state index contributed by atoms with van der Waals surface area (Å²) >= 11 is 0. The highest BCUT2D eigenvalue weighted by atomic mass is 16.5. The van der Waals surface area contributed by atoms with Crippen LogP contribution in [0.25, 0.3) is 0 Å². The Balaban J connectivity index is 2.05. The SMILES string of the molecule is CCOC(=O)CCNC(C)C1CCOC1. The molecule has 1 heterocycles. The van der Waals surface area contributed by atoms with Crippen LogP contribution in [0.2, 0.25) is 0 Å². The van der Waals surface area contributed by atoms with Gasteiger partial charge in [-0.2, -0.15) is 0 Å². The zero-order valence-electron chi connectivity index (χ0n) is 9.62. The average Bonchev–Trinajstić information content (AvgIpc) is 2.70. The molecule has 1 saturated heterocycles. The van der Waals surface area contributed by atoms with Gasteiger partial charge in [-0.05, 0) is 26.2 Å². The van der Waals surface area contributed by atoms with Crippen LogP contribution in [0.5, 0.6) is 0 Å². The highest BCUT2D eigenvalue weighted by Gasteiger charge is 2.21. The van der Waals surface area contributed by atoms with Crippen molar-refractivity contribution in [3.63, 3.8) is 0 Å². The van der Waals surface area contributed by atoms with Crippen molar-refractivity contribution >= 4 is 5.97 Å². The summed E-state index contributed by atoms with van der Waals surface area (Å²) in [6.45, 7) is 6.83. The Kier molecular flexibility index (Phi) is 5.65. The molecule has 2 unspecified atom stereocenters. The molecule has 15 heavy (non-hydrogen) atoms. The van der Waals surface area contributed by atoms with Crippen LogP contribution in [0, 0.1) is 5.92 Å². The van der Waals surface area contributed by atoms with E-state index in [2.05, 4.69) is 12.2 Å². The Morgan fingerprint density at radius 3 is 3.07 bits per heavy atom. The maximum Gasteiger partial charge on any atom is 0.307 e. The van der Waals surface area contributed by atoms with E-state index in [-0.39, 0.29) is 5.97 Å². The summed E-state index contributed by atoms with van der Waals surface area (Å²) in [5, 5.41) is 3.33.